The minimum absolute atomic E-state index is 0.0509. The number of carbonyl (C=O) groups is 3. The van der Waals surface area contributed by atoms with Crippen LogP contribution in [0.1, 0.15) is 82.6 Å². The first-order chi connectivity index (χ1) is 14.5. The third-order valence-electron chi connectivity index (χ3n) is 4.95. The second kappa shape index (κ2) is 10.3. The maximum atomic E-state index is 12.1. The van der Waals surface area contributed by atoms with Crippen molar-refractivity contribution in [2.45, 2.75) is 83.9 Å². The van der Waals surface area contributed by atoms with E-state index < -0.39 is 17.6 Å². The van der Waals surface area contributed by atoms with Crippen molar-refractivity contribution in [2.75, 3.05) is 5.32 Å². The van der Waals surface area contributed by atoms with Gasteiger partial charge >= 0.3 is 6.09 Å². The number of ether oxygens (including phenoxy) is 1. The Morgan fingerprint density at radius 2 is 2.03 bits per heavy atom. The summed E-state index contributed by atoms with van der Waals surface area (Å²) in [4.78, 5) is 36.0. The van der Waals surface area contributed by atoms with Gasteiger partial charge in [-0.25, -0.2) is 4.79 Å². The van der Waals surface area contributed by atoms with Gasteiger partial charge in [0.2, 0.25) is 5.91 Å². The van der Waals surface area contributed by atoms with E-state index in [2.05, 4.69) is 21.8 Å². The molecular formula is C21H32N6O4. The van der Waals surface area contributed by atoms with Crippen molar-refractivity contribution in [3.05, 3.63) is 11.8 Å². The Morgan fingerprint density at radius 3 is 2.55 bits per heavy atom. The molecule has 10 heteroatoms. The number of anilines is 1. The Hall–Kier alpha value is -3.09. The molecular weight excluding hydrogens is 400 g/mol. The number of nitrogens with two attached hydrogens (primary N) is 1. The Bertz CT molecular complexity index is 847. The highest BCUT2D eigenvalue weighted by atomic mass is 16.6. The highest BCUT2D eigenvalue weighted by Gasteiger charge is 2.31. The summed E-state index contributed by atoms with van der Waals surface area (Å²) >= 11 is 0. The van der Waals surface area contributed by atoms with E-state index in [1.165, 1.54) is 10.9 Å². The number of nitriles is 1. The molecule has 0 aromatic carbocycles. The van der Waals surface area contributed by atoms with E-state index in [-0.39, 0.29) is 41.7 Å². The van der Waals surface area contributed by atoms with E-state index in [1.54, 1.807) is 20.8 Å². The zero-order valence-corrected chi connectivity index (χ0v) is 18.6. The van der Waals surface area contributed by atoms with Crippen LogP contribution in [0.3, 0.4) is 0 Å². The normalized spacial score (nSPS) is 15.5. The zero-order chi connectivity index (χ0) is 23.2. The van der Waals surface area contributed by atoms with Crippen molar-refractivity contribution in [1.29, 1.82) is 5.26 Å². The molecule has 1 saturated carbocycles. The number of primary amides is 1. The summed E-state index contributed by atoms with van der Waals surface area (Å²) in [5.41, 5.74) is 4.97. The highest BCUT2D eigenvalue weighted by molar-refractivity contribution is 6.02. The fourth-order valence-electron chi connectivity index (χ4n) is 3.09. The summed E-state index contributed by atoms with van der Waals surface area (Å²) in [6.45, 7) is 7.34. The lowest BCUT2D eigenvalue weighted by Gasteiger charge is -2.24. The Balaban J connectivity index is 2.08. The monoisotopic (exact) mass is 432 g/mol. The van der Waals surface area contributed by atoms with Gasteiger partial charge in [-0.1, -0.05) is 6.92 Å². The molecule has 0 radical (unpaired) electrons. The summed E-state index contributed by atoms with van der Waals surface area (Å²) < 4.78 is 6.81. The van der Waals surface area contributed by atoms with Gasteiger partial charge in [0.25, 0.3) is 5.91 Å². The molecule has 0 saturated heterocycles. The molecule has 0 spiro atoms. The third-order valence-corrected chi connectivity index (χ3v) is 4.95. The smallest absolute Gasteiger partial charge is 0.407 e. The van der Waals surface area contributed by atoms with E-state index in [4.69, 9.17) is 10.5 Å². The topological polar surface area (TPSA) is 152 Å². The molecule has 4 N–H and O–H groups in total. The molecule has 1 aliphatic rings. The number of nitrogens with one attached hydrogen (secondary N) is 2. The van der Waals surface area contributed by atoms with Crippen LogP contribution in [0, 0.1) is 17.2 Å². The van der Waals surface area contributed by atoms with Gasteiger partial charge in [-0.3, -0.25) is 14.3 Å². The van der Waals surface area contributed by atoms with E-state index in [0.717, 1.165) is 12.8 Å². The molecule has 1 aliphatic carbocycles. The first kappa shape index (κ1) is 24.2. The van der Waals surface area contributed by atoms with Crippen LogP contribution >= 0.6 is 0 Å². The maximum Gasteiger partial charge on any atom is 0.407 e. The molecule has 0 bridgehead atoms. The Labute approximate surface area is 182 Å². The summed E-state index contributed by atoms with van der Waals surface area (Å²) in [6.07, 6.45) is 4.56. The quantitative estimate of drug-likeness (QED) is 0.517. The molecule has 1 aromatic rings. The number of nitrogens with zero attached hydrogens (tertiary/aromatic N) is 3. The van der Waals surface area contributed by atoms with Crippen LogP contribution in [0.5, 0.6) is 0 Å². The average molecular weight is 433 g/mol. The van der Waals surface area contributed by atoms with Gasteiger partial charge in [-0.2, -0.15) is 10.4 Å². The van der Waals surface area contributed by atoms with Crippen molar-refractivity contribution in [3.8, 4) is 6.07 Å². The van der Waals surface area contributed by atoms with Crippen molar-refractivity contribution in [1.82, 2.24) is 15.1 Å². The number of aromatic nitrogens is 2. The van der Waals surface area contributed by atoms with E-state index in [1.807, 2.05) is 6.92 Å². The lowest BCUT2D eigenvalue weighted by molar-refractivity contribution is -0.117. The van der Waals surface area contributed by atoms with Gasteiger partial charge in [0.05, 0.1) is 18.5 Å². The molecule has 2 atom stereocenters. The van der Waals surface area contributed by atoms with Gasteiger partial charge in [0.15, 0.2) is 5.82 Å². The number of hydrogen-bond acceptors (Lipinski definition) is 6. The third kappa shape index (κ3) is 7.59. The molecule has 2 rings (SSSR count). The number of hydrogen-bond donors (Lipinski definition) is 3. The second-order valence-electron chi connectivity index (χ2n) is 8.84. The largest absolute Gasteiger partial charge is 0.444 e. The predicted octanol–water partition coefficient (Wildman–Crippen LogP) is 2.87. The lowest BCUT2D eigenvalue weighted by Crippen LogP contribution is -2.39. The summed E-state index contributed by atoms with van der Waals surface area (Å²) in [5.74, 6) is -0.820. The Morgan fingerprint density at radius 1 is 1.35 bits per heavy atom. The molecule has 1 unspecified atom stereocenters. The number of amides is 3. The minimum atomic E-state index is -0.703. The van der Waals surface area contributed by atoms with Gasteiger partial charge in [0.1, 0.15) is 11.2 Å². The first-order valence-corrected chi connectivity index (χ1v) is 10.6. The summed E-state index contributed by atoms with van der Waals surface area (Å²) in [6, 6.07) is 1.64. The molecule has 170 valence electrons. The molecule has 1 aromatic heterocycles. The van der Waals surface area contributed by atoms with Crippen LogP contribution in [0.25, 0.3) is 0 Å². The van der Waals surface area contributed by atoms with Crippen LogP contribution in [-0.4, -0.2) is 39.3 Å². The van der Waals surface area contributed by atoms with Crippen LogP contribution in [-0.2, 0) is 9.53 Å². The van der Waals surface area contributed by atoms with Gasteiger partial charge < -0.3 is 21.1 Å². The SMILES string of the molecule is CCC(CC[C@H](CC#N)n1cc(C(N)=O)c(NC(=O)C2CC2)n1)NC(=O)OC(C)(C)C. The zero-order valence-electron chi connectivity index (χ0n) is 18.6. The maximum absolute atomic E-state index is 12.1. The van der Waals surface area contributed by atoms with E-state index >= 15 is 0 Å². The molecule has 3 amide bonds. The van der Waals surface area contributed by atoms with Crippen molar-refractivity contribution in [2.24, 2.45) is 11.7 Å². The van der Waals surface area contributed by atoms with Crippen molar-refractivity contribution < 1.29 is 19.1 Å². The average Bonchev–Trinajstić information content (AvgIpc) is 3.43. The molecule has 1 heterocycles. The fourth-order valence-corrected chi connectivity index (χ4v) is 3.09. The van der Waals surface area contributed by atoms with Crippen LogP contribution in [0.15, 0.2) is 6.20 Å². The second-order valence-corrected chi connectivity index (χ2v) is 8.84. The molecule has 1 fully saturated rings. The fraction of sp³-hybridized carbons (Fsp3) is 0.667. The van der Waals surface area contributed by atoms with Gasteiger partial charge in [-0.15, -0.1) is 0 Å². The lowest BCUT2D eigenvalue weighted by atomic mass is 10.0. The number of alkyl carbamates (subject to hydrolysis) is 1. The molecule has 0 aliphatic heterocycles. The van der Waals surface area contributed by atoms with Crippen molar-refractivity contribution >= 4 is 23.7 Å². The molecule has 10 nitrogen and oxygen atoms in total. The predicted molar refractivity (Wildman–Crippen MR) is 114 cm³/mol. The van der Waals surface area contributed by atoms with Crippen LogP contribution in [0.4, 0.5) is 10.6 Å². The summed E-state index contributed by atoms with van der Waals surface area (Å²) in [7, 11) is 0. The highest BCUT2D eigenvalue weighted by Crippen LogP contribution is 2.31. The van der Waals surface area contributed by atoms with Gasteiger partial charge in [0, 0.05) is 18.2 Å². The van der Waals surface area contributed by atoms with Crippen LogP contribution < -0.4 is 16.4 Å². The standard InChI is InChI=1S/C21H32N6O4/c1-5-14(24-20(30)31-21(2,3)4)8-9-15(10-11-22)27-12-16(17(23)28)18(26-27)25-19(29)13-6-7-13/h12-15H,5-10H2,1-4H3,(H2,23,28)(H,24,30)(H,25,26,29)/t14?,15-/m1/s1. The minimum Gasteiger partial charge on any atom is -0.444 e. The number of rotatable bonds is 10. The Kier molecular flexibility index (Phi) is 8.02. The first-order valence-electron chi connectivity index (χ1n) is 10.6. The van der Waals surface area contributed by atoms with Crippen LogP contribution in [0.2, 0.25) is 0 Å². The van der Waals surface area contributed by atoms with Gasteiger partial charge in [-0.05, 0) is 52.9 Å². The van der Waals surface area contributed by atoms with E-state index in [0.29, 0.717) is 19.3 Å². The van der Waals surface area contributed by atoms with Crippen molar-refractivity contribution in [3.63, 3.8) is 0 Å². The van der Waals surface area contributed by atoms with E-state index in [9.17, 15) is 19.6 Å². The number of carbonyl (C=O) groups excluding carboxylic acids is 3. The molecule has 31 heavy (non-hydrogen) atoms. The summed E-state index contributed by atoms with van der Waals surface area (Å²) in [5, 5.41) is 19.1.